The summed E-state index contributed by atoms with van der Waals surface area (Å²) < 4.78 is 0. The molecule has 0 spiro atoms. The number of hydrogen-bond acceptors (Lipinski definition) is 3. The van der Waals surface area contributed by atoms with Gasteiger partial charge in [0.2, 0.25) is 0 Å². The van der Waals surface area contributed by atoms with Crippen LogP contribution in [-0.2, 0) is 0 Å². The van der Waals surface area contributed by atoms with Crippen LogP contribution in [0.15, 0.2) is 46.6 Å². The zero-order valence-electron chi connectivity index (χ0n) is 6.38. The van der Waals surface area contributed by atoms with Crippen molar-refractivity contribution in [1.29, 1.82) is 0 Å². The molecule has 0 N–H and O–H groups in total. The van der Waals surface area contributed by atoms with Crippen LogP contribution in [-0.4, -0.2) is 12.1 Å². The largest absolute Gasteiger partial charge is 0.157 e. The first kappa shape index (κ1) is 6.83. The third-order valence-electron chi connectivity index (χ3n) is 1.46. The average molecular weight is 157 g/mol. The number of para-hydroxylation sites is 1. The van der Waals surface area contributed by atoms with E-state index in [1.165, 1.54) is 5.12 Å². The molecule has 1 aromatic carbocycles. The fourth-order valence-electron chi connectivity index (χ4n) is 0.929. The molecule has 0 fully saturated rings. The molecule has 3 nitrogen and oxygen atoms in total. The van der Waals surface area contributed by atoms with Gasteiger partial charge in [-0.25, -0.2) is 0 Å². The molecule has 0 unspecified atom stereocenters. The first-order chi connectivity index (χ1) is 5.97. The van der Waals surface area contributed by atoms with Crippen molar-refractivity contribution in [3.05, 3.63) is 36.4 Å². The molecule has 0 radical (unpaired) electrons. The van der Waals surface area contributed by atoms with Crippen molar-refractivity contribution >= 4 is 17.8 Å². The van der Waals surface area contributed by atoms with Crippen molar-refractivity contribution in [2.75, 3.05) is 5.12 Å². The Morgan fingerprint density at radius 3 is 2.67 bits per heavy atom. The van der Waals surface area contributed by atoms with Crippen LogP contribution in [0.25, 0.3) is 0 Å². The smallest absolute Gasteiger partial charge is 0.0864 e. The van der Waals surface area contributed by atoms with Gasteiger partial charge in [0.15, 0.2) is 0 Å². The molecular weight excluding hydrogens is 150 g/mol. The predicted molar refractivity (Wildman–Crippen MR) is 49.4 cm³/mol. The Morgan fingerprint density at radius 2 is 2.00 bits per heavy atom. The van der Waals surface area contributed by atoms with Crippen molar-refractivity contribution in [3.63, 3.8) is 0 Å². The Hall–Kier alpha value is -1.86. The van der Waals surface area contributed by atoms with Crippen LogP contribution in [0, 0.1) is 0 Å². The van der Waals surface area contributed by atoms with E-state index in [2.05, 4.69) is 16.1 Å². The van der Waals surface area contributed by atoms with Gasteiger partial charge in [-0.1, -0.05) is 18.2 Å². The van der Waals surface area contributed by atoms with E-state index in [1.54, 1.807) is 12.3 Å². The summed E-state index contributed by atoms with van der Waals surface area (Å²) in [6.45, 7) is 0. The molecule has 2 rings (SSSR count). The summed E-state index contributed by atoms with van der Waals surface area (Å²) in [7, 11) is 0. The van der Waals surface area contributed by atoms with Crippen LogP contribution in [0.5, 0.6) is 0 Å². The number of rotatable bonds is 1. The molecule has 0 saturated heterocycles. The molecule has 0 aromatic heterocycles. The van der Waals surface area contributed by atoms with Gasteiger partial charge in [-0.3, -0.25) is 0 Å². The molecule has 58 valence electrons. The van der Waals surface area contributed by atoms with E-state index in [9.17, 15) is 0 Å². The van der Waals surface area contributed by atoms with E-state index in [4.69, 9.17) is 0 Å². The number of nitrogens with zero attached hydrogens (tertiary/aromatic N) is 3. The van der Waals surface area contributed by atoms with Gasteiger partial charge in [-0.15, -0.1) is 10.2 Å². The van der Waals surface area contributed by atoms with Gasteiger partial charge in [0.05, 0.1) is 11.9 Å². The minimum absolute atomic E-state index is 0.939. The molecular formula is C9H7N3. The van der Waals surface area contributed by atoms with Crippen molar-refractivity contribution in [3.8, 4) is 0 Å². The molecule has 1 aliphatic heterocycles. The molecule has 0 bridgehead atoms. The topological polar surface area (TPSA) is 28.0 Å². The van der Waals surface area contributed by atoms with Gasteiger partial charge in [0, 0.05) is 11.9 Å². The van der Waals surface area contributed by atoms with Gasteiger partial charge < -0.3 is 0 Å². The Morgan fingerprint density at radius 1 is 1.17 bits per heavy atom. The molecule has 3 heteroatoms. The summed E-state index contributed by atoms with van der Waals surface area (Å²) >= 11 is 0. The number of anilines is 1. The van der Waals surface area contributed by atoms with Gasteiger partial charge in [0.25, 0.3) is 0 Å². The van der Waals surface area contributed by atoms with E-state index in [1.807, 2.05) is 30.3 Å². The highest BCUT2D eigenvalue weighted by Gasteiger charge is 2.00. The molecule has 0 saturated carbocycles. The van der Waals surface area contributed by atoms with Gasteiger partial charge in [-0.2, -0.15) is 5.10 Å². The van der Waals surface area contributed by atoms with Crippen LogP contribution in [0.2, 0.25) is 0 Å². The van der Waals surface area contributed by atoms with E-state index in [0.717, 1.165) is 5.69 Å². The highest BCUT2D eigenvalue weighted by molar-refractivity contribution is 5.85. The quantitative estimate of drug-likeness (QED) is 0.609. The molecule has 0 amide bonds. The maximum atomic E-state index is 4.02. The van der Waals surface area contributed by atoms with Crippen molar-refractivity contribution in [1.82, 2.24) is 0 Å². The fraction of sp³-hybridized carbons (Fsp3) is 0. The van der Waals surface area contributed by atoms with Crippen LogP contribution < -0.4 is 5.12 Å². The number of benzene rings is 1. The van der Waals surface area contributed by atoms with Crippen molar-refractivity contribution < 1.29 is 0 Å². The Labute approximate surface area is 70.3 Å². The second-order valence-electron chi connectivity index (χ2n) is 2.29. The molecule has 0 atom stereocenters. The summed E-state index contributed by atoms with van der Waals surface area (Å²) in [4.78, 5) is 0. The van der Waals surface area contributed by atoms with Crippen LogP contribution in [0.3, 0.4) is 0 Å². The highest BCUT2D eigenvalue weighted by atomic mass is 15.7. The minimum Gasteiger partial charge on any atom is -0.157 e. The fourth-order valence-corrected chi connectivity index (χ4v) is 0.929. The molecule has 12 heavy (non-hydrogen) atoms. The predicted octanol–water partition coefficient (Wildman–Crippen LogP) is 1.63. The number of allylic oxidation sites excluding steroid dienone is 1. The SMILES string of the molecule is C1=CC=NN(c2ccccc2)N=1. The Kier molecular flexibility index (Phi) is 1.72. The summed E-state index contributed by atoms with van der Waals surface area (Å²) in [6.07, 6.45) is 3.32. The monoisotopic (exact) mass is 157 g/mol. The zero-order valence-corrected chi connectivity index (χ0v) is 6.38. The molecule has 1 heterocycles. The third-order valence-corrected chi connectivity index (χ3v) is 1.46. The Balaban J connectivity index is 2.33. The zero-order chi connectivity index (χ0) is 8.23. The molecule has 1 aliphatic rings. The van der Waals surface area contributed by atoms with E-state index in [-0.39, 0.29) is 0 Å². The number of hydrazone groups is 2. The lowest BCUT2D eigenvalue weighted by atomic mass is 10.3. The van der Waals surface area contributed by atoms with Gasteiger partial charge in [-0.05, 0) is 12.1 Å². The average Bonchev–Trinajstić information content (AvgIpc) is 2.21. The maximum absolute atomic E-state index is 4.02. The third kappa shape index (κ3) is 1.26. The normalized spacial score (nSPS) is 13.8. The first-order valence-electron chi connectivity index (χ1n) is 3.64. The lowest BCUT2D eigenvalue weighted by molar-refractivity contribution is 0.936. The molecule has 0 aliphatic carbocycles. The summed E-state index contributed by atoms with van der Waals surface area (Å²) in [6, 6.07) is 9.72. The Bertz CT molecular complexity index is 347. The van der Waals surface area contributed by atoms with Crippen LogP contribution in [0.4, 0.5) is 5.69 Å². The number of hydrogen-bond donors (Lipinski definition) is 0. The standard InChI is InChI=1S/C9H7N3/c1-2-5-9(6-3-1)12-10-7-4-8-11-12/h1-7H. The lowest BCUT2D eigenvalue weighted by Gasteiger charge is -2.11. The maximum Gasteiger partial charge on any atom is 0.0864 e. The van der Waals surface area contributed by atoms with E-state index < -0.39 is 0 Å². The highest BCUT2D eigenvalue weighted by Crippen LogP contribution is 2.13. The van der Waals surface area contributed by atoms with Crippen LogP contribution in [0.1, 0.15) is 0 Å². The van der Waals surface area contributed by atoms with Crippen molar-refractivity contribution in [2.45, 2.75) is 0 Å². The van der Waals surface area contributed by atoms with Crippen LogP contribution >= 0.6 is 0 Å². The second kappa shape index (κ2) is 3.03. The van der Waals surface area contributed by atoms with E-state index in [0.29, 0.717) is 0 Å². The summed E-state index contributed by atoms with van der Waals surface area (Å²) in [5, 5.41) is 9.48. The minimum atomic E-state index is 0.939. The van der Waals surface area contributed by atoms with E-state index >= 15 is 0 Å². The summed E-state index contributed by atoms with van der Waals surface area (Å²) in [5.41, 5.74) is 0.939. The lowest BCUT2D eigenvalue weighted by Crippen LogP contribution is -2.08. The van der Waals surface area contributed by atoms with Gasteiger partial charge in [0.1, 0.15) is 0 Å². The molecule has 1 aromatic rings. The van der Waals surface area contributed by atoms with Gasteiger partial charge >= 0.3 is 0 Å². The first-order valence-corrected chi connectivity index (χ1v) is 3.64. The summed E-state index contributed by atoms with van der Waals surface area (Å²) in [5.74, 6) is 2.71. The van der Waals surface area contributed by atoms with Crippen molar-refractivity contribution in [2.24, 2.45) is 10.2 Å². The second-order valence-corrected chi connectivity index (χ2v) is 2.29.